The monoisotopic (exact) mass is 453 g/mol. The number of aliphatic hydroxyl groups is 1. The SMILES string of the molecule is CCOC(=O)C(=O)Nc1ccc(C)c(Oc2cccc(C(O)c3ccc(F)cc3)c2O)c1C. The number of halogens is 1. The Morgan fingerprint density at radius 3 is 2.42 bits per heavy atom. The zero-order chi connectivity index (χ0) is 24.1. The maximum absolute atomic E-state index is 13.2. The molecule has 3 aromatic carbocycles. The number of phenolic OH excluding ortho intramolecular Hbond substituents is 1. The van der Waals surface area contributed by atoms with Gasteiger partial charge >= 0.3 is 11.9 Å². The van der Waals surface area contributed by atoms with E-state index in [1.807, 2.05) is 0 Å². The van der Waals surface area contributed by atoms with Gasteiger partial charge in [-0.05, 0) is 56.2 Å². The number of esters is 1. The van der Waals surface area contributed by atoms with Crippen LogP contribution in [0, 0.1) is 19.7 Å². The lowest BCUT2D eigenvalue weighted by molar-refractivity contribution is -0.152. The number of nitrogens with one attached hydrogen (secondary N) is 1. The van der Waals surface area contributed by atoms with Crippen LogP contribution in [0.5, 0.6) is 17.2 Å². The molecule has 3 aromatic rings. The molecule has 0 bridgehead atoms. The van der Waals surface area contributed by atoms with Gasteiger partial charge in [-0.3, -0.25) is 4.79 Å². The van der Waals surface area contributed by atoms with Gasteiger partial charge in [0.05, 0.1) is 6.61 Å². The smallest absolute Gasteiger partial charge is 0.397 e. The van der Waals surface area contributed by atoms with Gasteiger partial charge in [0.1, 0.15) is 17.7 Å². The Balaban J connectivity index is 1.90. The third-order valence-corrected chi connectivity index (χ3v) is 5.03. The number of aliphatic hydroxyl groups excluding tert-OH is 1. The molecule has 0 aliphatic carbocycles. The molecule has 0 aliphatic heterocycles. The van der Waals surface area contributed by atoms with Gasteiger partial charge < -0.3 is 25.0 Å². The number of anilines is 1. The number of aromatic hydroxyl groups is 1. The van der Waals surface area contributed by atoms with E-state index < -0.39 is 23.8 Å². The van der Waals surface area contributed by atoms with Crippen molar-refractivity contribution in [2.75, 3.05) is 11.9 Å². The second-order valence-electron chi connectivity index (χ2n) is 7.31. The highest BCUT2D eigenvalue weighted by atomic mass is 19.1. The molecule has 8 heteroatoms. The van der Waals surface area contributed by atoms with Crippen LogP contribution in [0.15, 0.2) is 54.6 Å². The Morgan fingerprint density at radius 2 is 1.76 bits per heavy atom. The van der Waals surface area contributed by atoms with E-state index in [0.29, 0.717) is 28.1 Å². The summed E-state index contributed by atoms with van der Waals surface area (Å²) in [5.74, 6) is -2.20. The lowest BCUT2D eigenvalue weighted by Gasteiger charge is -2.19. The molecule has 1 atom stereocenters. The van der Waals surface area contributed by atoms with Crippen LogP contribution in [-0.4, -0.2) is 28.7 Å². The summed E-state index contributed by atoms with van der Waals surface area (Å²) in [4.78, 5) is 23.7. The lowest BCUT2D eigenvalue weighted by atomic mass is 10.00. The molecule has 0 spiro atoms. The Kier molecular flexibility index (Phi) is 7.30. The summed E-state index contributed by atoms with van der Waals surface area (Å²) in [5, 5.41) is 23.9. The second kappa shape index (κ2) is 10.1. The average molecular weight is 453 g/mol. The van der Waals surface area contributed by atoms with Crippen LogP contribution < -0.4 is 10.1 Å². The first-order chi connectivity index (χ1) is 15.7. The number of benzene rings is 3. The number of para-hydroxylation sites is 1. The molecule has 0 aromatic heterocycles. The molecule has 7 nitrogen and oxygen atoms in total. The lowest BCUT2D eigenvalue weighted by Crippen LogP contribution is -2.25. The van der Waals surface area contributed by atoms with Crippen LogP contribution >= 0.6 is 0 Å². The number of hydrogen-bond acceptors (Lipinski definition) is 6. The van der Waals surface area contributed by atoms with Gasteiger partial charge in [-0.15, -0.1) is 0 Å². The first-order valence-electron chi connectivity index (χ1n) is 10.2. The first-order valence-corrected chi connectivity index (χ1v) is 10.2. The standard InChI is InChI=1S/C25H24FNO6/c1-4-32-25(31)24(30)27-19-13-8-14(2)23(15(19)3)33-20-7-5-6-18(22(20)29)21(28)16-9-11-17(26)12-10-16/h5-13,21,28-29H,4H2,1-3H3,(H,27,30). The number of carbonyl (C=O) groups is 2. The van der Waals surface area contributed by atoms with E-state index in [4.69, 9.17) is 9.47 Å². The summed E-state index contributed by atoms with van der Waals surface area (Å²) in [6.07, 6.45) is -1.20. The van der Waals surface area contributed by atoms with E-state index in [1.165, 1.54) is 36.4 Å². The molecule has 0 saturated carbocycles. The van der Waals surface area contributed by atoms with Crippen molar-refractivity contribution in [3.63, 3.8) is 0 Å². The van der Waals surface area contributed by atoms with Crippen molar-refractivity contribution in [1.82, 2.24) is 0 Å². The highest BCUT2D eigenvalue weighted by molar-refractivity contribution is 6.37. The summed E-state index contributed by atoms with van der Waals surface area (Å²) < 4.78 is 23.9. The molecule has 1 amide bonds. The van der Waals surface area contributed by atoms with Crippen LogP contribution in [0.1, 0.15) is 35.3 Å². The van der Waals surface area contributed by atoms with Gasteiger partial charge in [0, 0.05) is 16.8 Å². The largest absolute Gasteiger partial charge is 0.504 e. The zero-order valence-electron chi connectivity index (χ0n) is 18.4. The number of hydrogen-bond donors (Lipinski definition) is 3. The molecule has 1 unspecified atom stereocenters. The van der Waals surface area contributed by atoms with Crippen LogP contribution in [-0.2, 0) is 14.3 Å². The van der Waals surface area contributed by atoms with E-state index in [-0.39, 0.29) is 23.7 Å². The molecule has 172 valence electrons. The minimum Gasteiger partial charge on any atom is -0.504 e. The minimum absolute atomic E-state index is 0.0763. The van der Waals surface area contributed by atoms with Gasteiger partial charge in [-0.25, -0.2) is 9.18 Å². The van der Waals surface area contributed by atoms with E-state index >= 15 is 0 Å². The molecule has 3 N–H and O–H groups in total. The predicted molar refractivity (Wildman–Crippen MR) is 120 cm³/mol. The summed E-state index contributed by atoms with van der Waals surface area (Å²) in [6, 6.07) is 13.3. The molecule has 0 aliphatic rings. The van der Waals surface area contributed by atoms with Gasteiger partial charge in [-0.1, -0.05) is 30.3 Å². The predicted octanol–water partition coefficient (Wildman–Crippen LogP) is 4.52. The van der Waals surface area contributed by atoms with E-state index in [1.54, 1.807) is 39.0 Å². The number of carbonyl (C=O) groups excluding carboxylic acids is 2. The normalized spacial score (nSPS) is 11.5. The molecule has 0 fully saturated rings. The quantitative estimate of drug-likeness (QED) is 0.374. The van der Waals surface area contributed by atoms with E-state index in [0.717, 1.165) is 0 Å². The van der Waals surface area contributed by atoms with Crippen molar-refractivity contribution in [3.05, 3.63) is 82.7 Å². The summed E-state index contributed by atoms with van der Waals surface area (Å²) in [6.45, 7) is 5.15. The van der Waals surface area contributed by atoms with Gasteiger partial charge in [0.25, 0.3) is 0 Å². The van der Waals surface area contributed by atoms with Crippen molar-refractivity contribution in [1.29, 1.82) is 0 Å². The molecular formula is C25H24FNO6. The third kappa shape index (κ3) is 5.30. The highest BCUT2D eigenvalue weighted by Crippen LogP contribution is 2.41. The fraction of sp³-hybridized carbons (Fsp3) is 0.200. The molecular weight excluding hydrogens is 429 g/mol. The van der Waals surface area contributed by atoms with E-state index in [2.05, 4.69) is 5.32 Å². The van der Waals surface area contributed by atoms with Crippen molar-refractivity contribution >= 4 is 17.6 Å². The first kappa shape index (κ1) is 23.7. The molecule has 0 saturated heterocycles. The summed E-state index contributed by atoms with van der Waals surface area (Å²) >= 11 is 0. The average Bonchev–Trinajstić information content (AvgIpc) is 2.79. The number of aryl methyl sites for hydroxylation is 1. The Labute approximate surface area is 190 Å². The summed E-state index contributed by atoms with van der Waals surface area (Å²) in [5.41, 5.74) is 2.17. The zero-order valence-corrected chi connectivity index (χ0v) is 18.4. The maximum Gasteiger partial charge on any atom is 0.397 e. The Bertz CT molecular complexity index is 1180. The number of phenols is 1. The second-order valence-corrected chi connectivity index (χ2v) is 7.31. The van der Waals surface area contributed by atoms with Crippen molar-refractivity contribution in [2.45, 2.75) is 26.9 Å². The summed E-state index contributed by atoms with van der Waals surface area (Å²) in [7, 11) is 0. The topological polar surface area (TPSA) is 105 Å². The van der Waals surface area contributed by atoms with Gasteiger partial charge in [0.15, 0.2) is 11.5 Å². The Hall–Kier alpha value is -3.91. The van der Waals surface area contributed by atoms with Crippen molar-refractivity contribution in [2.24, 2.45) is 0 Å². The van der Waals surface area contributed by atoms with Gasteiger partial charge in [0.2, 0.25) is 0 Å². The fourth-order valence-corrected chi connectivity index (χ4v) is 3.27. The maximum atomic E-state index is 13.2. The number of ether oxygens (including phenoxy) is 2. The van der Waals surface area contributed by atoms with Crippen molar-refractivity contribution < 1.29 is 33.7 Å². The van der Waals surface area contributed by atoms with Crippen molar-refractivity contribution in [3.8, 4) is 17.2 Å². The Morgan fingerprint density at radius 1 is 1.06 bits per heavy atom. The minimum atomic E-state index is -1.20. The van der Waals surface area contributed by atoms with Crippen LogP contribution in [0.4, 0.5) is 10.1 Å². The van der Waals surface area contributed by atoms with Crippen LogP contribution in [0.25, 0.3) is 0 Å². The molecule has 0 heterocycles. The third-order valence-electron chi connectivity index (χ3n) is 5.03. The van der Waals surface area contributed by atoms with E-state index in [9.17, 15) is 24.2 Å². The molecule has 33 heavy (non-hydrogen) atoms. The fourth-order valence-electron chi connectivity index (χ4n) is 3.27. The van der Waals surface area contributed by atoms with Crippen LogP contribution in [0.3, 0.4) is 0 Å². The highest BCUT2D eigenvalue weighted by Gasteiger charge is 2.21. The molecule has 0 radical (unpaired) electrons. The number of amides is 1. The van der Waals surface area contributed by atoms with Crippen LogP contribution in [0.2, 0.25) is 0 Å². The molecule has 3 rings (SSSR count). The number of rotatable bonds is 6. The van der Waals surface area contributed by atoms with Gasteiger partial charge in [-0.2, -0.15) is 0 Å².